The SMILES string of the molecule is CCCc1c(-c2ccc(Cl)cc2)nn(NS(=O)(=O)c2ccccc2)c1-c1ccc(Cl)cc1. The highest BCUT2D eigenvalue weighted by Gasteiger charge is 2.24. The minimum Gasteiger partial charge on any atom is -0.200 e. The molecule has 0 amide bonds. The van der Waals surface area contributed by atoms with Crippen molar-refractivity contribution in [1.29, 1.82) is 0 Å². The second kappa shape index (κ2) is 9.36. The molecule has 0 radical (unpaired) electrons. The number of nitrogens with one attached hydrogen (secondary N) is 1. The lowest BCUT2D eigenvalue weighted by atomic mass is 9.98. The molecule has 0 aliphatic carbocycles. The molecule has 32 heavy (non-hydrogen) atoms. The predicted octanol–water partition coefficient (Wildman–Crippen LogP) is 6.41. The topological polar surface area (TPSA) is 64.0 Å². The third-order valence-electron chi connectivity index (χ3n) is 4.98. The number of nitrogens with zero attached hydrogens (tertiary/aromatic N) is 2. The van der Waals surface area contributed by atoms with Crippen LogP contribution in [-0.4, -0.2) is 18.3 Å². The van der Waals surface area contributed by atoms with Crippen LogP contribution in [0.5, 0.6) is 0 Å². The molecule has 0 saturated heterocycles. The van der Waals surface area contributed by atoms with Crippen molar-refractivity contribution in [1.82, 2.24) is 9.89 Å². The number of hydrogen-bond donors (Lipinski definition) is 1. The fraction of sp³-hybridized carbons (Fsp3) is 0.125. The third-order valence-corrected chi connectivity index (χ3v) is 6.79. The van der Waals surface area contributed by atoms with E-state index in [1.165, 1.54) is 4.79 Å². The van der Waals surface area contributed by atoms with Gasteiger partial charge in [-0.2, -0.15) is 23.1 Å². The molecule has 8 heteroatoms. The van der Waals surface area contributed by atoms with Crippen LogP contribution in [0.4, 0.5) is 0 Å². The van der Waals surface area contributed by atoms with E-state index in [1.54, 1.807) is 54.6 Å². The molecule has 1 N–H and O–H groups in total. The monoisotopic (exact) mass is 485 g/mol. The standard InChI is InChI=1S/C24H21Cl2N3O2S/c1-2-6-22-23(17-9-13-19(25)14-10-17)27-29(24(22)18-11-15-20(26)16-12-18)28-32(30,31)21-7-4-3-5-8-21/h3-5,7-16,28H,2,6H2,1H3. The molecular formula is C24H21Cl2N3O2S. The molecule has 0 atom stereocenters. The summed E-state index contributed by atoms with van der Waals surface area (Å²) in [5, 5.41) is 5.90. The first-order valence-corrected chi connectivity index (χ1v) is 12.3. The average molecular weight is 486 g/mol. The van der Waals surface area contributed by atoms with E-state index >= 15 is 0 Å². The maximum absolute atomic E-state index is 13.1. The zero-order valence-electron chi connectivity index (χ0n) is 17.3. The molecule has 0 fully saturated rings. The van der Waals surface area contributed by atoms with Crippen LogP contribution in [0.15, 0.2) is 83.8 Å². The van der Waals surface area contributed by atoms with Crippen molar-refractivity contribution >= 4 is 33.2 Å². The molecule has 0 bridgehead atoms. The van der Waals surface area contributed by atoms with E-state index in [9.17, 15) is 8.42 Å². The summed E-state index contributed by atoms with van der Waals surface area (Å²) in [4.78, 5) is 4.14. The summed E-state index contributed by atoms with van der Waals surface area (Å²) in [6.07, 6.45) is 1.57. The quantitative estimate of drug-likeness (QED) is 0.328. The summed E-state index contributed by atoms with van der Waals surface area (Å²) in [5.74, 6) is 0. The van der Waals surface area contributed by atoms with Gasteiger partial charge in [-0.1, -0.05) is 79.0 Å². The van der Waals surface area contributed by atoms with Crippen molar-refractivity contribution in [2.24, 2.45) is 0 Å². The summed E-state index contributed by atoms with van der Waals surface area (Å²) in [6.45, 7) is 2.07. The minimum atomic E-state index is -3.86. The normalized spacial score (nSPS) is 11.5. The molecule has 0 saturated carbocycles. The van der Waals surface area contributed by atoms with E-state index in [1.807, 2.05) is 24.3 Å². The van der Waals surface area contributed by atoms with Crippen molar-refractivity contribution < 1.29 is 8.42 Å². The number of rotatable bonds is 7. The van der Waals surface area contributed by atoms with E-state index < -0.39 is 10.0 Å². The van der Waals surface area contributed by atoms with Gasteiger partial charge in [0, 0.05) is 26.7 Å². The Bertz CT molecular complexity index is 1320. The number of halogens is 2. The van der Waals surface area contributed by atoms with Gasteiger partial charge in [-0.25, -0.2) is 0 Å². The second-order valence-corrected chi connectivity index (χ2v) is 9.79. The fourth-order valence-corrected chi connectivity index (χ4v) is 4.75. The maximum atomic E-state index is 13.1. The summed E-state index contributed by atoms with van der Waals surface area (Å²) in [5.41, 5.74) is 3.97. The van der Waals surface area contributed by atoms with Crippen LogP contribution in [-0.2, 0) is 16.4 Å². The molecule has 1 aromatic heterocycles. The Kier molecular flexibility index (Phi) is 6.55. The summed E-state index contributed by atoms with van der Waals surface area (Å²) in [6, 6.07) is 22.8. The Morgan fingerprint density at radius 2 is 1.41 bits per heavy atom. The average Bonchev–Trinajstić information content (AvgIpc) is 3.13. The molecular weight excluding hydrogens is 465 g/mol. The van der Waals surface area contributed by atoms with Crippen LogP contribution < -0.4 is 4.83 Å². The summed E-state index contributed by atoms with van der Waals surface area (Å²) >= 11 is 12.2. The van der Waals surface area contributed by atoms with Gasteiger partial charge < -0.3 is 0 Å². The van der Waals surface area contributed by atoms with Crippen molar-refractivity contribution in [2.75, 3.05) is 4.83 Å². The zero-order valence-corrected chi connectivity index (χ0v) is 19.6. The van der Waals surface area contributed by atoms with Crippen molar-refractivity contribution in [3.05, 3.63) is 94.5 Å². The lowest BCUT2D eigenvalue weighted by molar-refractivity contribution is 0.592. The van der Waals surface area contributed by atoms with E-state index in [0.29, 0.717) is 27.9 Å². The van der Waals surface area contributed by atoms with Crippen LogP contribution >= 0.6 is 23.2 Å². The lowest BCUT2D eigenvalue weighted by Gasteiger charge is -2.12. The van der Waals surface area contributed by atoms with Gasteiger partial charge in [-0.3, -0.25) is 0 Å². The molecule has 0 aliphatic heterocycles. The van der Waals surface area contributed by atoms with Crippen molar-refractivity contribution in [2.45, 2.75) is 24.7 Å². The number of sulfonamides is 1. The Balaban J connectivity index is 1.92. The Morgan fingerprint density at radius 3 is 1.97 bits per heavy atom. The summed E-state index contributed by atoms with van der Waals surface area (Å²) < 4.78 is 26.2. The Hall–Kier alpha value is -2.80. The third kappa shape index (κ3) is 4.67. The molecule has 4 aromatic rings. The van der Waals surface area contributed by atoms with Gasteiger partial charge in [-0.05, 0) is 42.8 Å². The van der Waals surface area contributed by atoms with Gasteiger partial charge in [0.2, 0.25) is 0 Å². The van der Waals surface area contributed by atoms with Gasteiger partial charge in [0.1, 0.15) is 0 Å². The molecule has 0 aliphatic rings. The van der Waals surface area contributed by atoms with Gasteiger partial charge >= 0.3 is 0 Å². The van der Waals surface area contributed by atoms with Crippen LogP contribution in [0.2, 0.25) is 10.0 Å². The first-order valence-electron chi connectivity index (χ1n) is 10.1. The largest absolute Gasteiger partial charge is 0.276 e. The molecule has 5 nitrogen and oxygen atoms in total. The van der Waals surface area contributed by atoms with E-state index in [4.69, 9.17) is 23.2 Å². The van der Waals surface area contributed by atoms with Crippen LogP contribution in [0.25, 0.3) is 22.5 Å². The fourth-order valence-electron chi connectivity index (χ4n) is 3.51. The van der Waals surface area contributed by atoms with Gasteiger partial charge in [-0.15, -0.1) is 0 Å². The molecule has 164 valence electrons. The highest BCUT2D eigenvalue weighted by atomic mass is 35.5. The molecule has 3 aromatic carbocycles. The molecule has 0 unspecified atom stereocenters. The second-order valence-electron chi connectivity index (χ2n) is 7.26. The minimum absolute atomic E-state index is 0.155. The van der Waals surface area contributed by atoms with Crippen molar-refractivity contribution in [3.63, 3.8) is 0 Å². The number of aromatic nitrogens is 2. The smallest absolute Gasteiger partial charge is 0.200 e. The highest BCUT2D eigenvalue weighted by Crippen LogP contribution is 2.34. The van der Waals surface area contributed by atoms with Crippen LogP contribution in [0, 0.1) is 0 Å². The molecule has 1 heterocycles. The van der Waals surface area contributed by atoms with Gasteiger partial charge in [0.25, 0.3) is 10.0 Å². The van der Waals surface area contributed by atoms with Crippen LogP contribution in [0.3, 0.4) is 0 Å². The number of hydrogen-bond acceptors (Lipinski definition) is 3. The molecule has 0 spiro atoms. The summed E-state index contributed by atoms with van der Waals surface area (Å²) in [7, 11) is -3.86. The Labute approximate surface area is 197 Å². The van der Waals surface area contributed by atoms with E-state index in [2.05, 4.69) is 16.9 Å². The number of benzene rings is 3. The van der Waals surface area contributed by atoms with Crippen LogP contribution in [0.1, 0.15) is 18.9 Å². The maximum Gasteiger partial charge on any atom is 0.276 e. The van der Waals surface area contributed by atoms with E-state index in [0.717, 1.165) is 23.1 Å². The first kappa shape index (κ1) is 22.4. The predicted molar refractivity (Wildman–Crippen MR) is 130 cm³/mol. The van der Waals surface area contributed by atoms with Gasteiger partial charge in [0.15, 0.2) is 0 Å². The van der Waals surface area contributed by atoms with E-state index in [-0.39, 0.29) is 4.90 Å². The molecule has 4 rings (SSSR count). The van der Waals surface area contributed by atoms with Gasteiger partial charge in [0.05, 0.1) is 16.3 Å². The zero-order chi connectivity index (χ0) is 22.7. The highest BCUT2D eigenvalue weighted by molar-refractivity contribution is 7.92. The lowest BCUT2D eigenvalue weighted by Crippen LogP contribution is -2.25. The van der Waals surface area contributed by atoms with Crippen molar-refractivity contribution in [3.8, 4) is 22.5 Å². The first-order chi connectivity index (χ1) is 15.4. The Morgan fingerprint density at radius 1 is 0.844 bits per heavy atom.